The fraction of sp³-hybridized carbons (Fsp3) is 0.143. The minimum Gasteiger partial charge on any atom is -0.370 e. The zero-order chi connectivity index (χ0) is 12.8. The largest absolute Gasteiger partial charge is 0.370 e. The van der Waals surface area contributed by atoms with Gasteiger partial charge in [0, 0.05) is 18.1 Å². The van der Waals surface area contributed by atoms with Crippen molar-refractivity contribution in [1.82, 2.24) is 4.98 Å². The molecule has 2 rings (SSSR count). The van der Waals surface area contributed by atoms with E-state index in [0.717, 1.165) is 11.3 Å². The minimum absolute atomic E-state index is 0. The van der Waals surface area contributed by atoms with E-state index in [1.165, 1.54) is 5.56 Å². The van der Waals surface area contributed by atoms with Crippen LogP contribution in [0.2, 0.25) is 0 Å². The number of guanidine groups is 1. The van der Waals surface area contributed by atoms with Crippen LogP contribution in [0.15, 0.2) is 53.8 Å². The van der Waals surface area contributed by atoms with Crippen molar-refractivity contribution in [3.05, 3.63) is 59.9 Å². The summed E-state index contributed by atoms with van der Waals surface area (Å²) < 4.78 is 0. The van der Waals surface area contributed by atoms with Crippen LogP contribution in [-0.2, 0) is 6.54 Å². The maximum Gasteiger partial charge on any atom is 0.193 e. The van der Waals surface area contributed by atoms with Crippen molar-refractivity contribution in [3.63, 3.8) is 0 Å². The molecule has 0 fully saturated rings. The number of rotatable bonds is 3. The molecule has 0 aliphatic rings. The average Bonchev–Trinajstić information content (AvgIpc) is 2.38. The molecule has 5 heteroatoms. The molecule has 0 aliphatic carbocycles. The molecule has 0 spiro atoms. The van der Waals surface area contributed by atoms with E-state index in [2.05, 4.69) is 15.3 Å². The fourth-order valence-corrected chi connectivity index (χ4v) is 1.58. The predicted octanol–water partition coefficient (Wildman–Crippen LogP) is 2.93. The smallest absolute Gasteiger partial charge is 0.193 e. The first kappa shape index (κ1) is 15.4. The Bertz CT molecular complexity index is 540. The van der Waals surface area contributed by atoms with Crippen LogP contribution in [-0.4, -0.2) is 10.9 Å². The number of nitrogens with two attached hydrogens (primary N) is 1. The number of nitrogens with one attached hydrogen (secondary N) is 1. The van der Waals surface area contributed by atoms with E-state index in [4.69, 9.17) is 5.73 Å². The molecule has 0 bridgehead atoms. The molecule has 3 N–H and O–H groups in total. The number of aliphatic imine (C=N–C) groups is 1. The fourth-order valence-electron chi connectivity index (χ4n) is 1.58. The van der Waals surface area contributed by atoms with Crippen molar-refractivity contribution in [2.24, 2.45) is 10.7 Å². The zero-order valence-electron chi connectivity index (χ0n) is 10.7. The normalized spacial score (nSPS) is 10.7. The van der Waals surface area contributed by atoms with E-state index in [-0.39, 0.29) is 24.0 Å². The van der Waals surface area contributed by atoms with Gasteiger partial charge in [-0.05, 0) is 36.2 Å². The second-order valence-electron chi connectivity index (χ2n) is 4.06. The molecule has 0 unspecified atom stereocenters. The van der Waals surface area contributed by atoms with Crippen LogP contribution in [0.1, 0.15) is 11.1 Å². The number of aryl methyl sites for hydroxylation is 1. The van der Waals surface area contributed by atoms with Crippen LogP contribution in [0.4, 0.5) is 5.69 Å². The number of pyridine rings is 1. The number of halogens is 1. The summed E-state index contributed by atoms with van der Waals surface area (Å²) in [5.74, 6) is 0.407. The van der Waals surface area contributed by atoms with Crippen LogP contribution in [0, 0.1) is 6.92 Å². The highest BCUT2D eigenvalue weighted by atomic mass is 127. The van der Waals surface area contributed by atoms with Gasteiger partial charge >= 0.3 is 0 Å². The van der Waals surface area contributed by atoms with Crippen LogP contribution >= 0.6 is 24.0 Å². The highest BCUT2D eigenvalue weighted by Gasteiger charge is 1.95. The molecule has 0 saturated heterocycles. The molecule has 1 heterocycles. The minimum atomic E-state index is 0. The molecule has 0 radical (unpaired) electrons. The Morgan fingerprint density at radius 3 is 2.84 bits per heavy atom. The van der Waals surface area contributed by atoms with Crippen molar-refractivity contribution in [3.8, 4) is 0 Å². The first-order valence-electron chi connectivity index (χ1n) is 5.76. The van der Waals surface area contributed by atoms with Gasteiger partial charge in [0.1, 0.15) is 0 Å². The van der Waals surface area contributed by atoms with Gasteiger partial charge in [0.25, 0.3) is 0 Å². The maximum atomic E-state index is 5.82. The number of benzene rings is 1. The third-order valence-electron chi connectivity index (χ3n) is 2.45. The highest BCUT2D eigenvalue weighted by molar-refractivity contribution is 14.0. The topological polar surface area (TPSA) is 63.3 Å². The molecular formula is C14H17IN4. The molecule has 0 saturated carbocycles. The van der Waals surface area contributed by atoms with Crippen molar-refractivity contribution >= 4 is 35.6 Å². The number of aromatic nitrogens is 1. The summed E-state index contributed by atoms with van der Waals surface area (Å²) in [5, 5.41) is 3.06. The molecule has 1 aromatic heterocycles. The van der Waals surface area contributed by atoms with Crippen molar-refractivity contribution in [2.45, 2.75) is 13.5 Å². The lowest BCUT2D eigenvalue weighted by Gasteiger charge is -2.06. The SMILES string of the molecule is Cc1cccc(NC(N)=NCc2cccnc2)c1.I. The lowest BCUT2D eigenvalue weighted by molar-refractivity contribution is 1.04. The van der Waals surface area contributed by atoms with Gasteiger partial charge in [-0.1, -0.05) is 18.2 Å². The quantitative estimate of drug-likeness (QED) is 0.498. The Morgan fingerprint density at radius 1 is 1.32 bits per heavy atom. The van der Waals surface area contributed by atoms with Gasteiger partial charge in [-0.3, -0.25) is 4.98 Å². The molecular weight excluding hydrogens is 351 g/mol. The van der Waals surface area contributed by atoms with E-state index >= 15 is 0 Å². The molecule has 1 aromatic carbocycles. The van der Waals surface area contributed by atoms with E-state index in [1.54, 1.807) is 12.4 Å². The van der Waals surface area contributed by atoms with Crippen molar-refractivity contribution in [1.29, 1.82) is 0 Å². The van der Waals surface area contributed by atoms with Crippen LogP contribution < -0.4 is 11.1 Å². The van der Waals surface area contributed by atoms with Crippen molar-refractivity contribution in [2.75, 3.05) is 5.32 Å². The number of hydrogen-bond donors (Lipinski definition) is 2. The summed E-state index contributed by atoms with van der Waals surface area (Å²) in [6, 6.07) is 11.8. The summed E-state index contributed by atoms with van der Waals surface area (Å²) >= 11 is 0. The third-order valence-corrected chi connectivity index (χ3v) is 2.45. The Morgan fingerprint density at radius 2 is 2.16 bits per heavy atom. The van der Waals surface area contributed by atoms with Crippen LogP contribution in [0.5, 0.6) is 0 Å². The predicted molar refractivity (Wildman–Crippen MR) is 89.8 cm³/mol. The van der Waals surface area contributed by atoms with Gasteiger partial charge in [0.15, 0.2) is 5.96 Å². The van der Waals surface area contributed by atoms with E-state index in [0.29, 0.717) is 12.5 Å². The third kappa shape index (κ3) is 5.25. The number of anilines is 1. The molecule has 0 amide bonds. The van der Waals surface area contributed by atoms with Gasteiger partial charge in [0.05, 0.1) is 6.54 Å². The first-order valence-corrected chi connectivity index (χ1v) is 5.76. The molecule has 2 aromatic rings. The monoisotopic (exact) mass is 368 g/mol. The Kier molecular flexibility index (Phi) is 6.27. The van der Waals surface area contributed by atoms with Gasteiger partial charge in [-0.25, -0.2) is 4.99 Å². The summed E-state index contributed by atoms with van der Waals surface area (Å²) in [6.07, 6.45) is 3.52. The summed E-state index contributed by atoms with van der Waals surface area (Å²) in [6.45, 7) is 2.56. The molecule has 0 aliphatic heterocycles. The van der Waals surface area contributed by atoms with Gasteiger partial charge in [0.2, 0.25) is 0 Å². The zero-order valence-corrected chi connectivity index (χ0v) is 13.0. The molecule has 4 nitrogen and oxygen atoms in total. The summed E-state index contributed by atoms with van der Waals surface area (Å²) in [5.41, 5.74) is 8.98. The molecule has 0 atom stereocenters. The van der Waals surface area contributed by atoms with Crippen LogP contribution in [0.25, 0.3) is 0 Å². The lowest BCUT2D eigenvalue weighted by atomic mass is 10.2. The lowest BCUT2D eigenvalue weighted by Crippen LogP contribution is -2.22. The number of nitrogens with zero attached hydrogens (tertiary/aromatic N) is 2. The second kappa shape index (κ2) is 7.73. The van der Waals surface area contributed by atoms with E-state index in [1.807, 2.05) is 43.3 Å². The van der Waals surface area contributed by atoms with Crippen LogP contribution in [0.3, 0.4) is 0 Å². The average molecular weight is 368 g/mol. The highest BCUT2D eigenvalue weighted by Crippen LogP contribution is 2.09. The van der Waals surface area contributed by atoms with Crippen molar-refractivity contribution < 1.29 is 0 Å². The number of hydrogen-bond acceptors (Lipinski definition) is 2. The summed E-state index contributed by atoms with van der Waals surface area (Å²) in [7, 11) is 0. The van der Waals surface area contributed by atoms with Gasteiger partial charge in [-0.15, -0.1) is 24.0 Å². The summed E-state index contributed by atoms with van der Waals surface area (Å²) in [4.78, 5) is 8.29. The molecule has 19 heavy (non-hydrogen) atoms. The Balaban J connectivity index is 0.00000180. The standard InChI is InChI=1S/C14H16N4.HI/c1-11-4-2-6-13(8-11)18-14(15)17-10-12-5-3-7-16-9-12;/h2-9H,10H2,1H3,(H3,15,17,18);1H. The van der Waals surface area contributed by atoms with E-state index < -0.39 is 0 Å². The van der Waals surface area contributed by atoms with E-state index in [9.17, 15) is 0 Å². The maximum absolute atomic E-state index is 5.82. The molecule has 100 valence electrons. The Labute approximate surface area is 130 Å². The second-order valence-corrected chi connectivity index (χ2v) is 4.06. The van der Waals surface area contributed by atoms with Gasteiger partial charge < -0.3 is 11.1 Å². The van der Waals surface area contributed by atoms with Gasteiger partial charge in [-0.2, -0.15) is 0 Å². The first-order chi connectivity index (χ1) is 8.74. The Hall–Kier alpha value is -1.63.